The van der Waals surface area contributed by atoms with E-state index < -0.39 is 12.0 Å². The number of pyridine rings is 1. The molecule has 3 aromatic rings. The molecule has 0 bridgehead atoms. The van der Waals surface area contributed by atoms with Crippen LogP contribution in [0, 0.1) is 5.92 Å². The third-order valence-corrected chi connectivity index (χ3v) is 5.92. The summed E-state index contributed by atoms with van der Waals surface area (Å²) in [5.74, 6) is -1.08. The Morgan fingerprint density at radius 3 is 2.59 bits per heavy atom. The summed E-state index contributed by atoms with van der Waals surface area (Å²) in [5.41, 5.74) is 3.25. The molecule has 1 amide bonds. The topological polar surface area (TPSA) is 102 Å². The highest BCUT2D eigenvalue weighted by molar-refractivity contribution is 5.96. The maximum Gasteiger partial charge on any atom is 0.325 e. The van der Waals surface area contributed by atoms with Crippen molar-refractivity contribution in [3.05, 3.63) is 60.0 Å². The third kappa shape index (κ3) is 4.81. The van der Waals surface area contributed by atoms with Gasteiger partial charge in [-0.3, -0.25) is 24.4 Å². The summed E-state index contributed by atoms with van der Waals surface area (Å²) in [5, 5.41) is 13.8. The van der Waals surface area contributed by atoms with Crippen molar-refractivity contribution in [2.24, 2.45) is 5.92 Å². The summed E-state index contributed by atoms with van der Waals surface area (Å²) in [7, 11) is 0. The number of piperazine rings is 1. The predicted octanol–water partition coefficient (Wildman–Crippen LogP) is 3.10. The van der Waals surface area contributed by atoms with Crippen LogP contribution in [0.15, 0.2) is 48.8 Å². The zero-order valence-electron chi connectivity index (χ0n) is 18.4. The first-order chi connectivity index (χ1) is 15.4. The number of carboxylic acids is 1. The van der Waals surface area contributed by atoms with Crippen molar-refractivity contribution in [1.29, 1.82) is 0 Å². The second-order valence-electron chi connectivity index (χ2n) is 8.52. The van der Waals surface area contributed by atoms with Crippen molar-refractivity contribution in [2.75, 3.05) is 31.5 Å². The fourth-order valence-corrected chi connectivity index (χ4v) is 4.12. The number of hydrogen-bond acceptors (Lipinski definition) is 5. The Balaban J connectivity index is 1.51. The van der Waals surface area contributed by atoms with Gasteiger partial charge in [0.15, 0.2) is 0 Å². The second kappa shape index (κ2) is 9.50. The van der Waals surface area contributed by atoms with Gasteiger partial charge in [0, 0.05) is 73.2 Å². The molecular weight excluding hydrogens is 406 g/mol. The molecule has 0 aliphatic carbocycles. The lowest BCUT2D eigenvalue weighted by Crippen LogP contribution is -2.48. The van der Waals surface area contributed by atoms with Crippen molar-refractivity contribution in [3.8, 4) is 0 Å². The minimum absolute atomic E-state index is 0.0692. The molecule has 8 heteroatoms. The highest BCUT2D eigenvalue weighted by Gasteiger charge is 2.32. The molecule has 1 aliphatic heterocycles. The van der Waals surface area contributed by atoms with Gasteiger partial charge in [-0.1, -0.05) is 19.9 Å². The van der Waals surface area contributed by atoms with Crippen LogP contribution in [0.1, 0.15) is 31.1 Å². The number of hydrogen-bond donors (Lipinski definition) is 3. The monoisotopic (exact) mass is 435 g/mol. The largest absolute Gasteiger partial charge is 0.480 e. The zero-order chi connectivity index (χ0) is 22.7. The van der Waals surface area contributed by atoms with Gasteiger partial charge in [0.25, 0.3) is 0 Å². The number of carbonyl (C=O) groups is 2. The molecule has 1 saturated heterocycles. The maximum absolute atomic E-state index is 12.3. The van der Waals surface area contributed by atoms with Crippen LogP contribution in [0.4, 0.5) is 5.69 Å². The first-order valence-electron chi connectivity index (χ1n) is 10.9. The molecule has 8 nitrogen and oxygen atoms in total. The Morgan fingerprint density at radius 2 is 1.94 bits per heavy atom. The fraction of sp³-hybridized carbons (Fsp3) is 0.375. The Morgan fingerprint density at radius 1 is 1.16 bits per heavy atom. The van der Waals surface area contributed by atoms with Crippen LogP contribution < -0.4 is 5.32 Å². The van der Waals surface area contributed by atoms with Crippen LogP contribution in [-0.4, -0.2) is 62.9 Å². The summed E-state index contributed by atoms with van der Waals surface area (Å²) in [6.07, 6.45) is 3.57. The summed E-state index contributed by atoms with van der Waals surface area (Å²) in [4.78, 5) is 36.3. The van der Waals surface area contributed by atoms with Crippen LogP contribution in [-0.2, 0) is 16.1 Å². The molecule has 1 aliphatic rings. The lowest BCUT2D eigenvalue weighted by Gasteiger charge is -2.37. The van der Waals surface area contributed by atoms with Crippen molar-refractivity contribution < 1.29 is 14.7 Å². The smallest absolute Gasteiger partial charge is 0.325 e. The molecule has 32 heavy (non-hydrogen) atoms. The number of aliphatic carboxylic acids is 1. The minimum Gasteiger partial charge on any atom is -0.480 e. The Bertz CT molecular complexity index is 1090. The third-order valence-electron chi connectivity index (χ3n) is 5.92. The lowest BCUT2D eigenvalue weighted by atomic mass is 10.0. The van der Waals surface area contributed by atoms with E-state index in [0.717, 1.165) is 36.2 Å². The molecule has 0 saturated carbocycles. The van der Waals surface area contributed by atoms with Crippen LogP contribution in [0.25, 0.3) is 10.9 Å². The second-order valence-corrected chi connectivity index (χ2v) is 8.52. The summed E-state index contributed by atoms with van der Waals surface area (Å²) >= 11 is 0. The van der Waals surface area contributed by atoms with Crippen LogP contribution >= 0.6 is 0 Å². The number of aromatic nitrogens is 2. The van der Waals surface area contributed by atoms with Gasteiger partial charge in [0.2, 0.25) is 5.91 Å². The Kier molecular flexibility index (Phi) is 6.53. The van der Waals surface area contributed by atoms with E-state index in [-0.39, 0.29) is 11.8 Å². The number of nitrogens with one attached hydrogen (secondary N) is 2. The Labute approximate surface area is 187 Å². The maximum atomic E-state index is 12.3. The van der Waals surface area contributed by atoms with Crippen molar-refractivity contribution in [2.45, 2.75) is 26.4 Å². The SMILES string of the molecule is CC(C)C(=O)Nc1ccc2[nH]cc(C(C(=O)O)N3CCN(Cc4ccccn4)CC3)c2c1. The molecule has 1 unspecified atom stereocenters. The average Bonchev–Trinajstić information content (AvgIpc) is 3.18. The van der Waals surface area contributed by atoms with Crippen LogP contribution in [0.2, 0.25) is 0 Å². The quantitative estimate of drug-likeness (QED) is 0.527. The van der Waals surface area contributed by atoms with Gasteiger partial charge in [-0.05, 0) is 30.3 Å². The molecule has 1 fully saturated rings. The number of rotatable bonds is 7. The summed E-state index contributed by atoms with van der Waals surface area (Å²) in [6.45, 7) is 7.29. The number of aromatic amines is 1. The van der Waals surface area contributed by atoms with E-state index in [1.807, 2.05) is 55.1 Å². The van der Waals surface area contributed by atoms with Gasteiger partial charge in [0.05, 0.1) is 5.69 Å². The number of H-pyrrole nitrogens is 1. The van der Waals surface area contributed by atoms with Crippen LogP contribution in [0.5, 0.6) is 0 Å². The van der Waals surface area contributed by atoms with Gasteiger partial charge in [-0.2, -0.15) is 0 Å². The standard InChI is InChI=1S/C24H29N5O3/c1-16(2)23(30)27-17-6-7-21-19(13-17)20(14-26-21)22(24(31)32)29-11-9-28(10-12-29)15-18-5-3-4-8-25-18/h3-8,13-14,16,22,26H,9-12,15H2,1-2H3,(H,27,30)(H,31,32). The molecule has 3 heterocycles. The van der Waals surface area contributed by atoms with Crippen molar-refractivity contribution in [3.63, 3.8) is 0 Å². The lowest BCUT2D eigenvalue weighted by molar-refractivity contribution is -0.144. The highest BCUT2D eigenvalue weighted by atomic mass is 16.4. The molecule has 2 aromatic heterocycles. The van der Waals surface area contributed by atoms with E-state index >= 15 is 0 Å². The van der Waals surface area contributed by atoms with E-state index in [2.05, 4.69) is 20.2 Å². The Hall–Kier alpha value is -3.23. The average molecular weight is 436 g/mol. The normalized spacial score (nSPS) is 16.3. The molecule has 168 valence electrons. The summed E-state index contributed by atoms with van der Waals surface area (Å²) in [6, 6.07) is 10.7. The van der Waals surface area contributed by atoms with E-state index in [0.29, 0.717) is 24.3 Å². The van der Waals surface area contributed by atoms with E-state index in [1.165, 1.54) is 0 Å². The van der Waals surface area contributed by atoms with Gasteiger partial charge in [-0.25, -0.2) is 0 Å². The van der Waals surface area contributed by atoms with Crippen LogP contribution in [0.3, 0.4) is 0 Å². The van der Waals surface area contributed by atoms with Crippen molar-refractivity contribution >= 4 is 28.5 Å². The van der Waals surface area contributed by atoms with E-state index in [9.17, 15) is 14.7 Å². The molecule has 1 atom stereocenters. The molecule has 4 rings (SSSR count). The molecule has 1 aromatic carbocycles. The number of amides is 1. The molecule has 3 N–H and O–H groups in total. The number of fused-ring (bicyclic) bond motifs is 1. The molecule has 0 radical (unpaired) electrons. The molecular formula is C24H29N5O3. The minimum atomic E-state index is -0.874. The number of carboxylic acid groups (broad SMARTS) is 1. The van der Waals surface area contributed by atoms with E-state index in [4.69, 9.17) is 0 Å². The summed E-state index contributed by atoms with van der Waals surface area (Å²) < 4.78 is 0. The number of benzene rings is 1. The zero-order valence-corrected chi connectivity index (χ0v) is 18.4. The van der Waals surface area contributed by atoms with Gasteiger partial charge < -0.3 is 15.4 Å². The highest BCUT2D eigenvalue weighted by Crippen LogP contribution is 2.31. The van der Waals surface area contributed by atoms with Gasteiger partial charge in [0.1, 0.15) is 6.04 Å². The first kappa shape index (κ1) is 22.0. The van der Waals surface area contributed by atoms with Gasteiger partial charge >= 0.3 is 5.97 Å². The predicted molar refractivity (Wildman–Crippen MR) is 123 cm³/mol. The first-order valence-corrected chi connectivity index (χ1v) is 10.9. The van der Waals surface area contributed by atoms with Gasteiger partial charge in [-0.15, -0.1) is 0 Å². The van der Waals surface area contributed by atoms with E-state index in [1.54, 1.807) is 12.4 Å². The fourth-order valence-electron chi connectivity index (χ4n) is 4.12. The molecule has 0 spiro atoms. The number of carbonyl (C=O) groups excluding carboxylic acids is 1. The number of nitrogens with zero attached hydrogens (tertiary/aromatic N) is 3. The van der Waals surface area contributed by atoms with Crippen molar-refractivity contribution in [1.82, 2.24) is 19.8 Å². The number of anilines is 1.